The van der Waals surface area contributed by atoms with Gasteiger partial charge in [0.2, 0.25) is 0 Å². The van der Waals surface area contributed by atoms with Gasteiger partial charge in [0.15, 0.2) is 0 Å². The average molecular weight is 187 g/mol. The number of hydrogen-bond acceptors (Lipinski definition) is 3. The van der Waals surface area contributed by atoms with Crippen LogP contribution in [0.15, 0.2) is 41.7 Å². The molecule has 2 rings (SSSR count). The van der Waals surface area contributed by atoms with Crippen LogP contribution in [0.2, 0.25) is 0 Å². The molecule has 70 valence electrons. The summed E-state index contributed by atoms with van der Waals surface area (Å²) >= 11 is 0. The molecule has 0 saturated heterocycles. The van der Waals surface area contributed by atoms with E-state index in [9.17, 15) is 4.79 Å². The molecule has 1 N–H and O–H groups in total. The summed E-state index contributed by atoms with van der Waals surface area (Å²) in [7, 11) is 0. The van der Waals surface area contributed by atoms with Gasteiger partial charge < -0.3 is 4.98 Å². The standard InChI is InChI=1S/C10H9N3O/c14-10-9(12-4-5-13-10)6-8-2-1-3-11-7-8/h1-5,7H,6H2,(H,13,14). The van der Waals surface area contributed by atoms with E-state index >= 15 is 0 Å². The molecule has 0 bridgehead atoms. The molecule has 0 spiro atoms. The summed E-state index contributed by atoms with van der Waals surface area (Å²) in [6.07, 6.45) is 7.05. The minimum atomic E-state index is -0.142. The Kier molecular flexibility index (Phi) is 2.36. The third kappa shape index (κ3) is 1.85. The molecule has 4 nitrogen and oxygen atoms in total. The highest BCUT2D eigenvalue weighted by Crippen LogP contribution is 2.00. The van der Waals surface area contributed by atoms with Crippen LogP contribution < -0.4 is 5.56 Å². The second kappa shape index (κ2) is 3.83. The van der Waals surface area contributed by atoms with Crippen molar-refractivity contribution >= 4 is 0 Å². The maximum absolute atomic E-state index is 11.3. The molecule has 0 saturated carbocycles. The Morgan fingerprint density at radius 3 is 3.00 bits per heavy atom. The number of nitrogens with zero attached hydrogens (tertiary/aromatic N) is 2. The minimum absolute atomic E-state index is 0.142. The Balaban J connectivity index is 2.28. The fourth-order valence-electron chi connectivity index (χ4n) is 1.20. The molecule has 2 aromatic rings. The summed E-state index contributed by atoms with van der Waals surface area (Å²) in [6.45, 7) is 0. The van der Waals surface area contributed by atoms with E-state index in [-0.39, 0.29) is 5.56 Å². The second-order valence-corrected chi connectivity index (χ2v) is 2.90. The molecule has 2 heterocycles. The zero-order valence-electron chi connectivity index (χ0n) is 7.47. The summed E-state index contributed by atoms with van der Waals surface area (Å²) in [5.74, 6) is 0. The van der Waals surface area contributed by atoms with Crippen LogP contribution >= 0.6 is 0 Å². The lowest BCUT2D eigenvalue weighted by atomic mass is 10.2. The van der Waals surface area contributed by atoms with Crippen LogP contribution in [0.5, 0.6) is 0 Å². The highest BCUT2D eigenvalue weighted by Gasteiger charge is 2.00. The van der Waals surface area contributed by atoms with Gasteiger partial charge in [-0.1, -0.05) is 6.07 Å². The zero-order valence-corrected chi connectivity index (χ0v) is 7.47. The molecule has 0 radical (unpaired) electrons. The molecule has 0 aliphatic heterocycles. The van der Waals surface area contributed by atoms with Crippen molar-refractivity contribution in [3.63, 3.8) is 0 Å². The number of aromatic amines is 1. The lowest BCUT2D eigenvalue weighted by molar-refractivity contribution is 0.983. The number of rotatable bonds is 2. The van der Waals surface area contributed by atoms with E-state index in [1.807, 2.05) is 12.1 Å². The molecule has 0 atom stereocenters. The van der Waals surface area contributed by atoms with Crippen LogP contribution in [-0.4, -0.2) is 15.0 Å². The van der Waals surface area contributed by atoms with E-state index < -0.39 is 0 Å². The summed E-state index contributed by atoms with van der Waals surface area (Å²) in [5.41, 5.74) is 1.36. The molecule has 0 aromatic carbocycles. The van der Waals surface area contributed by atoms with Crippen LogP contribution in [0.1, 0.15) is 11.3 Å². The van der Waals surface area contributed by atoms with E-state index in [4.69, 9.17) is 0 Å². The predicted octanol–water partition coefficient (Wildman–Crippen LogP) is 0.756. The molecular weight excluding hydrogens is 178 g/mol. The lowest BCUT2D eigenvalue weighted by Crippen LogP contribution is -2.13. The monoisotopic (exact) mass is 187 g/mol. The molecule has 0 aliphatic carbocycles. The van der Waals surface area contributed by atoms with E-state index in [1.165, 1.54) is 6.20 Å². The van der Waals surface area contributed by atoms with Gasteiger partial charge in [-0.3, -0.25) is 14.8 Å². The third-order valence-corrected chi connectivity index (χ3v) is 1.88. The fraction of sp³-hybridized carbons (Fsp3) is 0.100. The zero-order chi connectivity index (χ0) is 9.80. The minimum Gasteiger partial charge on any atom is -0.326 e. The number of nitrogens with one attached hydrogen (secondary N) is 1. The highest BCUT2D eigenvalue weighted by atomic mass is 16.1. The topological polar surface area (TPSA) is 58.6 Å². The first kappa shape index (κ1) is 8.62. The number of H-pyrrole nitrogens is 1. The van der Waals surface area contributed by atoms with Crippen molar-refractivity contribution in [2.45, 2.75) is 6.42 Å². The van der Waals surface area contributed by atoms with Crippen molar-refractivity contribution in [1.82, 2.24) is 15.0 Å². The van der Waals surface area contributed by atoms with E-state index in [0.29, 0.717) is 12.1 Å². The summed E-state index contributed by atoms with van der Waals surface area (Å²) in [4.78, 5) is 21.8. The normalized spacial score (nSPS) is 10.0. The Hall–Kier alpha value is -1.97. The van der Waals surface area contributed by atoms with Crippen LogP contribution in [-0.2, 0) is 6.42 Å². The summed E-state index contributed by atoms with van der Waals surface area (Å²) in [6, 6.07) is 3.76. The van der Waals surface area contributed by atoms with E-state index in [2.05, 4.69) is 15.0 Å². The molecule has 0 amide bonds. The van der Waals surface area contributed by atoms with Gasteiger partial charge in [0.1, 0.15) is 5.69 Å². The first-order valence-corrected chi connectivity index (χ1v) is 4.28. The summed E-state index contributed by atoms with van der Waals surface area (Å²) < 4.78 is 0. The molecule has 4 heteroatoms. The quantitative estimate of drug-likeness (QED) is 0.754. The average Bonchev–Trinajstić information content (AvgIpc) is 2.23. The van der Waals surface area contributed by atoms with Crippen molar-refractivity contribution in [2.75, 3.05) is 0 Å². The van der Waals surface area contributed by atoms with Gasteiger partial charge in [0, 0.05) is 31.2 Å². The van der Waals surface area contributed by atoms with Crippen molar-refractivity contribution in [1.29, 1.82) is 0 Å². The largest absolute Gasteiger partial charge is 0.326 e. The Labute approximate surface area is 80.7 Å². The molecule has 2 aromatic heterocycles. The van der Waals surface area contributed by atoms with E-state index in [1.54, 1.807) is 18.6 Å². The van der Waals surface area contributed by atoms with Crippen LogP contribution in [0.3, 0.4) is 0 Å². The molecular formula is C10H9N3O. The first-order chi connectivity index (χ1) is 6.86. The molecule has 0 unspecified atom stereocenters. The van der Waals surface area contributed by atoms with E-state index in [0.717, 1.165) is 5.56 Å². The van der Waals surface area contributed by atoms with Crippen LogP contribution in [0, 0.1) is 0 Å². The number of hydrogen-bond donors (Lipinski definition) is 1. The van der Waals surface area contributed by atoms with Crippen molar-refractivity contribution < 1.29 is 0 Å². The Morgan fingerprint density at radius 1 is 1.36 bits per heavy atom. The summed E-state index contributed by atoms with van der Waals surface area (Å²) in [5, 5.41) is 0. The lowest BCUT2D eigenvalue weighted by Gasteiger charge is -1.97. The number of aromatic nitrogens is 3. The van der Waals surface area contributed by atoms with Crippen molar-refractivity contribution in [2.24, 2.45) is 0 Å². The van der Waals surface area contributed by atoms with Crippen molar-refractivity contribution in [3.05, 3.63) is 58.5 Å². The Bertz CT molecular complexity index is 464. The van der Waals surface area contributed by atoms with Crippen molar-refractivity contribution in [3.8, 4) is 0 Å². The van der Waals surface area contributed by atoms with Crippen LogP contribution in [0.25, 0.3) is 0 Å². The van der Waals surface area contributed by atoms with Gasteiger partial charge >= 0.3 is 0 Å². The second-order valence-electron chi connectivity index (χ2n) is 2.90. The van der Waals surface area contributed by atoms with Gasteiger partial charge in [-0.15, -0.1) is 0 Å². The van der Waals surface area contributed by atoms with Crippen LogP contribution in [0.4, 0.5) is 0 Å². The van der Waals surface area contributed by atoms with Gasteiger partial charge in [-0.25, -0.2) is 0 Å². The third-order valence-electron chi connectivity index (χ3n) is 1.88. The van der Waals surface area contributed by atoms with Gasteiger partial charge in [0.05, 0.1) is 0 Å². The smallest absolute Gasteiger partial charge is 0.269 e. The maximum atomic E-state index is 11.3. The SMILES string of the molecule is O=c1[nH]ccnc1Cc1cccnc1. The van der Waals surface area contributed by atoms with Gasteiger partial charge in [-0.05, 0) is 11.6 Å². The van der Waals surface area contributed by atoms with Gasteiger partial charge in [0.25, 0.3) is 5.56 Å². The predicted molar refractivity (Wildman–Crippen MR) is 51.9 cm³/mol. The Morgan fingerprint density at radius 2 is 2.29 bits per heavy atom. The first-order valence-electron chi connectivity index (χ1n) is 4.28. The van der Waals surface area contributed by atoms with Gasteiger partial charge in [-0.2, -0.15) is 0 Å². The highest BCUT2D eigenvalue weighted by molar-refractivity contribution is 5.16. The maximum Gasteiger partial charge on any atom is 0.269 e. The molecule has 14 heavy (non-hydrogen) atoms. The molecule has 0 aliphatic rings. The number of pyridine rings is 1. The molecule has 0 fully saturated rings. The fourth-order valence-corrected chi connectivity index (χ4v) is 1.20.